The Labute approximate surface area is 111 Å². The van der Waals surface area contributed by atoms with E-state index >= 15 is 0 Å². The number of hydrogen-bond donors (Lipinski definition) is 0. The quantitative estimate of drug-likeness (QED) is 0.625. The molecule has 0 saturated carbocycles. The van der Waals surface area contributed by atoms with E-state index in [1.165, 1.54) is 0 Å². The molecule has 0 radical (unpaired) electrons. The lowest BCUT2D eigenvalue weighted by atomic mass is 10.1. The predicted octanol–water partition coefficient (Wildman–Crippen LogP) is 4.30. The van der Waals surface area contributed by atoms with Crippen molar-refractivity contribution >= 4 is 17.2 Å². The van der Waals surface area contributed by atoms with Gasteiger partial charge in [-0.2, -0.15) is 0 Å². The summed E-state index contributed by atoms with van der Waals surface area (Å²) < 4.78 is 2.06. The minimum absolute atomic E-state index is 0.0855. The van der Waals surface area contributed by atoms with Crippen LogP contribution in [-0.2, 0) is 0 Å². The van der Waals surface area contributed by atoms with Crippen LogP contribution in [0.5, 0.6) is 0 Å². The molecular formula is C15H13ClN2. The number of halogens is 1. The van der Waals surface area contributed by atoms with Crippen molar-refractivity contribution in [2.45, 2.75) is 12.3 Å². The molecular weight excluding hydrogens is 244 g/mol. The molecule has 3 rings (SSSR count). The number of aromatic nitrogens is 2. The van der Waals surface area contributed by atoms with Gasteiger partial charge in [0.1, 0.15) is 5.65 Å². The maximum absolute atomic E-state index is 6.32. The summed E-state index contributed by atoms with van der Waals surface area (Å²) in [5.74, 6) is 0. The summed E-state index contributed by atoms with van der Waals surface area (Å²) in [7, 11) is 0. The average Bonchev–Trinajstić information content (AvgIpc) is 2.79. The fourth-order valence-corrected chi connectivity index (χ4v) is 2.41. The van der Waals surface area contributed by atoms with Gasteiger partial charge in [-0.15, -0.1) is 11.6 Å². The van der Waals surface area contributed by atoms with Gasteiger partial charge in [0.25, 0.3) is 0 Å². The summed E-state index contributed by atoms with van der Waals surface area (Å²) in [6, 6.07) is 16.1. The molecule has 0 bridgehead atoms. The molecule has 0 aliphatic rings. The smallest absolute Gasteiger partial charge is 0.137 e. The summed E-state index contributed by atoms with van der Waals surface area (Å²) in [5, 5.41) is -0.0855. The maximum Gasteiger partial charge on any atom is 0.137 e. The molecule has 0 saturated heterocycles. The molecule has 1 atom stereocenters. The number of pyridine rings is 1. The third kappa shape index (κ3) is 1.79. The molecule has 3 aromatic rings. The Kier molecular flexibility index (Phi) is 2.80. The summed E-state index contributed by atoms with van der Waals surface area (Å²) in [6.45, 7) is 1.98. The second-order valence-corrected chi connectivity index (χ2v) is 4.91. The molecule has 0 N–H and O–H groups in total. The van der Waals surface area contributed by atoms with Crippen LogP contribution in [0, 0.1) is 0 Å². The number of hydrogen-bond acceptors (Lipinski definition) is 1. The number of rotatable bonds is 2. The highest BCUT2D eigenvalue weighted by Gasteiger charge is 2.17. The van der Waals surface area contributed by atoms with Gasteiger partial charge in [0.15, 0.2) is 0 Å². The van der Waals surface area contributed by atoms with E-state index in [1.807, 2.05) is 49.5 Å². The van der Waals surface area contributed by atoms with E-state index in [-0.39, 0.29) is 5.38 Å². The van der Waals surface area contributed by atoms with Crippen molar-refractivity contribution in [1.82, 2.24) is 9.38 Å². The predicted molar refractivity (Wildman–Crippen MR) is 74.9 cm³/mol. The van der Waals surface area contributed by atoms with E-state index in [2.05, 4.69) is 21.5 Å². The highest BCUT2D eigenvalue weighted by atomic mass is 35.5. The van der Waals surface area contributed by atoms with Crippen LogP contribution in [-0.4, -0.2) is 9.38 Å². The lowest BCUT2D eigenvalue weighted by Crippen LogP contribution is -1.94. The minimum atomic E-state index is -0.0855. The van der Waals surface area contributed by atoms with Crippen molar-refractivity contribution < 1.29 is 0 Å². The molecule has 2 aromatic heterocycles. The topological polar surface area (TPSA) is 17.3 Å². The molecule has 0 amide bonds. The molecule has 0 fully saturated rings. The van der Waals surface area contributed by atoms with E-state index < -0.39 is 0 Å². The van der Waals surface area contributed by atoms with Crippen LogP contribution in [0.3, 0.4) is 0 Å². The lowest BCUT2D eigenvalue weighted by molar-refractivity contribution is 0.965. The zero-order valence-corrected chi connectivity index (χ0v) is 10.8. The average molecular weight is 257 g/mol. The van der Waals surface area contributed by atoms with Gasteiger partial charge in [0, 0.05) is 11.8 Å². The molecule has 0 spiro atoms. The zero-order chi connectivity index (χ0) is 12.5. The van der Waals surface area contributed by atoms with Gasteiger partial charge >= 0.3 is 0 Å². The summed E-state index contributed by atoms with van der Waals surface area (Å²) in [5.41, 5.74) is 4.03. The van der Waals surface area contributed by atoms with Crippen molar-refractivity contribution in [3.63, 3.8) is 0 Å². The lowest BCUT2D eigenvalue weighted by Gasteiger charge is -2.06. The normalized spacial score (nSPS) is 12.8. The molecule has 1 aromatic carbocycles. The Bertz CT molecular complexity index is 671. The minimum Gasteiger partial charge on any atom is -0.302 e. The SMILES string of the molecule is CC(Cl)c1c(-c2ccccc2)nc2ccccn12. The van der Waals surface area contributed by atoms with Crippen molar-refractivity contribution in [3.8, 4) is 11.3 Å². The zero-order valence-electron chi connectivity index (χ0n) is 10.0. The Morgan fingerprint density at radius 2 is 1.78 bits per heavy atom. The summed E-state index contributed by atoms with van der Waals surface area (Å²) in [4.78, 5) is 4.68. The first-order valence-corrected chi connectivity index (χ1v) is 6.37. The Balaban J connectivity index is 2.32. The number of alkyl halides is 1. The molecule has 90 valence electrons. The van der Waals surface area contributed by atoms with Gasteiger partial charge in [-0.1, -0.05) is 36.4 Å². The first-order valence-electron chi connectivity index (χ1n) is 5.94. The van der Waals surface area contributed by atoms with E-state index in [0.717, 1.165) is 22.6 Å². The van der Waals surface area contributed by atoms with Crippen LogP contribution in [0.15, 0.2) is 54.7 Å². The standard InChI is InChI=1S/C15H13ClN2/c1-11(16)15-14(12-7-3-2-4-8-12)17-13-9-5-6-10-18(13)15/h2-11H,1H3. The maximum atomic E-state index is 6.32. The molecule has 18 heavy (non-hydrogen) atoms. The monoisotopic (exact) mass is 256 g/mol. The molecule has 2 heterocycles. The van der Waals surface area contributed by atoms with Gasteiger partial charge in [0.2, 0.25) is 0 Å². The summed E-state index contributed by atoms with van der Waals surface area (Å²) >= 11 is 6.32. The van der Waals surface area contributed by atoms with Crippen LogP contribution in [0.25, 0.3) is 16.9 Å². The van der Waals surface area contributed by atoms with E-state index in [1.54, 1.807) is 0 Å². The molecule has 3 heteroatoms. The number of imidazole rings is 1. The second-order valence-electron chi connectivity index (χ2n) is 4.26. The van der Waals surface area contributed by atoms with Crippen molar-refractivity contribution in [2.24, 2.45) is 0 Å². The largest absolute Gasteiger partial charge is 0.302 e. The fraction of sp³-hybridized carbons (Fsp3) is 0.133. The Morgan fingerprint density at radius 3 is 2.50 bits per heavy atom. The van der Waals surface area contributed by atoms with E-state index in [0.29, 0.717) is 0 Å². The first kappa shape index (κ1) is 11.3. The van der Waals surface area contributed by atoms with E-state index in [4.69, 9.17) is 11.6 Å². The Morgan fingerprint density at radius 1 is 1.06 bits per heavy atom. The number of fused-ring (bicyclic) bond motifs is 1. The van der Waals surface area contributed by atoms with Crippen LogP contribution < -0.4 is 0 Å². The van der Waals surface area contributed by atoms with Crippen molar-refractivity contribution in [1.29, 1.82) is 0 Å². The van der Waals surface area contributed by atoms with Crippen molar-refractivity contribution in [3.05, 3.63) is 60.4 Å². The van der Waals surface area contributed by atoms with Crippen LogP contribution >= 0.6 is 11.6 Å². The van der Waals surface area contributed by atoms with Crippen LogP contribution in [0.2, 0.25) is 0 Å². The van der Waals surface area contributed by atoms with Gasteiger partial charge in [-0.3, -0.25) is 0 Å². The number of benzene rings is 1. The molecule has 0 aliphatic carbocycles. The molecule has 0 aliphatic heterocycles. The first-order chi connectivity index (χ1) is 8.77. The van der Waals surface area contributed by atoms with Gasteiger partial charge < -0.3 is 4.40 Å². The van der Waals surface area contributed by atoms with Crippen LogP contribution in [0.1, 0.15) is 18.0 Å². The molecule has 2 nitrogen and oxygen atoms in total. The highest BCUT2D eigenvalue weighted by molar-refractivity contribution is 6.20. The second kappa shape index (κ2) is 4.46. The fourth-order valence-electron chi connectivity index (χ4n) is 2.20. The van der Waals surface area contributed by atoms with Crippen molar-refractivity contribution in [2.75, 3.05) is 0 Å². The number of nitrogens with zero attached hydrogens (tertiary/aromatic N) is 2. The molecule has 1 unspecified atom stereocenters. The van der Waals surface area contributed by atoms with Gasteiger partial charge in [0.05, 0.1) is 16.8 Å². The van der Waals surface area contributed by atoms with Gasteiger partial charge in [-0.25, -0.2) is 4.98 Å². The Hall–Kier alpha value is -1.80. The summed E-state index contributed by atoms with van der Waals surface area (Å²) in [6.07, 6.45) is 2.00. The van der Waals surface area contributed by atoms with Gasteiger partial charge in [-0.05, 0) is 19.1 Å². The highest BCUT2D eigenvalue weighted by Crippen LogP contribution is 2.31. The third-order valence-corrected chi connectivity index (χ3v) is 3.20. The van der Waals surface area contributed by atoms with E-state index in [9.17, 15) is 0 Å². The van der Waals surface area contributed by atoms with Crippen LogP contribution in [0.4, 0.5) is 0 Å². The third-order valence-electron chi connectivity index (χ3n) is 2.99.